The lowest BCUT2D eigenvalue weighted by Crippen LogP contribution is -2.08. The molecule has 0 bridgehead atoms. The molecule has 1 heterocycles. The Labute approximate surface area is 147 Å². The van der Waals surface area contributed by atoms with Crippen molar-refractivity contribution in [1.82, 2.24) is 4.09 Å². The van der Waals surface area contributed by atoms with Gasteiger partial charge in [-0.3, -0.25) is 0 Å². The average Bonchev–Trinajstić information content (AvgIpc) is 2.83. The standard InChI is InChI=1S/C16H7Cl2F6N/c17-10-2-3-11(12(7-10)15(19,20)21)8-1-4-13-9(5-8)6-14(25(13)18)16(22,23)24/h1-7H. The summed E-state index contributed by atoms with van der Waals surface area (Å²) in [4.78, 5) is 0. The second-order valence-electron chi connectivity index (χ2n) is 5.27. The van der Waals surface area contributed by atoms with E-state index < -0.39 is 23.6 Å². The van der Waals surface area contributed by atoms with Crippen LogP contribution in [0.4, 0.5) is 26.3 Å². The van der Waals surface area contributed by atoms with Gasteiger partial charge in [0.2, 0.25) is 0 Å². The van der Waals surface area contributed by atoms with E-state index in [4.69, 9.17) is 23.4 Å². The molecule has 0 atom stereocenters. The van der Waals surface area contributed by atoms with Gasteiger partial charge in [-0.05, 0) is 41.5 Å². The van der Waals surface area contributed by atoms with Crippen molar-refractivity contribution in [3.05, 3.63) is 58.7 Å². The van der Waals surface area contributed by atoms with Gasteiger partial charge < -0.3 is 0 Å². The predicted molar refractivity (Wildman–Crippen MR) is 83.6 cm³/mol. The van der Waals surface area contributed by atoms with Crippen molar-refractivity contribution in [2.75, 3.05) is 0 Å². The molecule has 0 unspecified atom stereocenters. The van der Waals surface area contributed by atoms with Crippen molar-refractivity contribution in [3.63, 3.8) is 0 Å². The van der Waals surface area contributed by atoms with E-state index in [9.17, 15) is 26.3 Å². The zero-order valence-electron chi connectivity index (χ0n) is 12.0. The van der Waals surface area contributed by atoms with Crippen LogP contribution < -0.4 is 0 Å². The van der Waals surface area contributed by atoms with Crippen molar-refractivity contribution in [2.45, 2.75) is 12.4 Å². The van der Waals surface area contributed by atoms with Crippen LogP contribution in [0.25, 0.3) is 22.0 Å². The number of hydrogen-bond acceptors (Lipinski definition) is 0. The van der Waals surface area contributed by atoms with Crippen LogP contribution in [0.15, 0.2) is 42.5 Å². The maximum atomic E-state index is 13.2. The smallest absolute Gasteiger partial charge is 0.248 e. The van der Waals surface area contributed by atoms with Gasteiger partial charge in [0.05, 0.1) is 11.1 Å². The molecule has 0 N–H and O–H groups in total. The lowest BCUT2D eigenvalue weighted by molar-refractivity contribution is -0.141. The number of aromatic nitrogens is 1. The monoisotopic (exact) mass is 397 g/mol. The number of nitrogens with zero attached hydrogens (tertiary/aromatic N) is 1. The number of alkyl halides is 6. The van der Waals surface area contributed by atoms with Crippen LogP contribution in [0.2, 0.25) is 5.02 Å². The highest BCUT2D eigenvalue weighted by Gasteiger charge is 2.36. The molecule has 0 aliphatic heterocycles. The van der Waals surface area contributed by atoms with Gasteiger partial charge in [0.25, 0.3) is 0 Å². The zero-order chi connectivity index (χ0) is 18.6. The molecule has 1 aromatic heterocycles. The summed E-state index contributed by atoms with van der Waals surface area (Å²) in [6.45, 7) is 0. The van der Waals surface area contributed by atoms with Gasteiger partial charge in [0, 0.05) is 22.2 Å². The van der Waals surface area contributed by atoms with Crippen LogP contribution >= 0.6 is 23.4 Å². The van der Waals surface area contributed by atoms with E-state index >= 15 is 0 Å². The topological polar surface area (TPSA) is 4.93 Å². The summed E-state index contributed by atoms with van der Waals surface area (Å²) in [6.07, 6.45) is -9.34. The molecule has 2 aromatic carbocycles. The number of fused-ring (bicyclic) bond motifs is 1. The predicted octanol–water partition coefficient (Wildman–Crippen LogP) is 7.00. The molecule has 0 aliphatic rings. The minimum absolute atomic E-state index is 0.0419. The molecule has 0 aliphatic carbocycles. The summed E-state index contributed by atoms with van der Waals surface area (Å²) in [6, 6.07) is 7.76. The minimum atomic E-state index is -4.68. The summed E-state index contributed by atoms with van der Waals surface area (Å²) in [5, 5.41) is -0.0219. The largest absolute Gasteiger partial charge is 0.432 e. The fourth-order valence-electron chi connectivity index (χ4n) is 2.55. The van der Waals surface area contributed by atoms with Gasteiger partial charge in [-0.2, -0.15) is 26.3 Å². The highest BCUT2D eigenvalue weighted by Crippen LogP contribution is 2.40. The second-order valence-corrected chi connectivity index (χ2v) is 6.04. The van der Waals surface area contributed by atoms with Crippen LogP contribution in [0.3, 0.4) is 0 Å². The lowest BCUT2D eigenvalue weighted by Gasteiger charge is -2.13. The Bertz CT molecular complexity index is 956. The molecular weight excluding hydrogens is 391 g/mol. The molecule has 1 nitrogen and oxygen atoms in total. The molecule has 3 rings (SSSR count). The summed E-state index contributed by atoms with van der Waals surface area (Å²) >= 11 is 11.3. The minimum Gasteiger partial charge on any atom is -0.248 e. The second kappa shape index (κ2) is 5.85. The third-order valence-electron chi connectivity index (χ3n) is 3.63. The van der Waals surface area contributed by atoms with Crippen molar-refractivity contribution in [2.24, 2.45) is 0 Å². The van der Waals surface area contributed by atoms with E-state index in [1.165, 1.54) is 30.3 Å². The summed E-state index contributed by atoms with van der Waals surface area (Å²) < 4.78 is 78.8. The van der Waals surface area contributed by atoms with Crippen LogP contribution in [-0.2, 0) is 12.4 Å². The van der Waals surface area contributed by atoms with E-state index in [0.717, 1.165) is 12.1 Å². The molecule has 0 spiro atoms. The van der Waals surface area contributed by atoms with Crippen molar-refractivity contribution in [3.8, 4) is 11.1 Å². The van der Waals surface area contributed by atoms with Gasteiger partial charge in [-0.25, -0.2) is 4.09 Å². The summed E-state index contributed by atoms with van der Waals surface area (Å²) in [5.41, 5.74) is -2.11. The highest BCUT2D eigenvalue weighted by atomic mass is 35.5. The first-order valence-corrected chi connectivity index (χ1v) is 7.46. The summed E-state index contributed by atoms with van der Waals surface area (Å²) in [5.74, 6) is 0. The van der Waals surface area contributed by atoms with Crippen LogP contribution in [0.1, 0.15) is 11.3 Å². The van der Waals surface area contributed by atoms with E-state index in [1.54, 1.807) is 0 Å². The Morgan fingerprint density at radius 3 is 2.08 bits per heavy atom. The Hall–Kier alpha value is -1.86. The average molecular weight is 398 g/mol. The van der Waals surface area contributed by atoms with Crippen LogP contribution in [0.5, 0.6) is 0 Å². The quantitative estimate of drug-likeness (QED) is 0.389. The van der Waals surface area contributed by atoms with Crippen LogP contribution in [0, 0.1) is 0 Å². The molecule has 25 heavy (non-hydrogen) atoms. The number of halogens is 8. The molecule has 0 fully saturated rings. The molecule has 132 valence electrons. The molecule has 0 radical (unpaired) electrons. The number of rotatable bonds is 1. The van der Waals surface area contributed by atoms with E-state index in [0.29, 0.717) is 4.09 Å². The first-order chi connectivity index (χ1) is 11.5. The maximum absolute atomic E-state index is 13.2. The van der Waals surface area contributed by atoms with Gasteiger partial charge >= 0.3 is 12.4 Å². The molecular formula is C16H7Cl2F6N. The molecule has 3 aromatic rings. The highest BCUT2D eigenvalue weighted by molar-refractivity contribution is 6.30. The number of benzene rings is 2. The molecule has 0 amide bonds. The SMILES string of the molecule is FC(F)(F)c1cc(Cl)ccc1-c1ccc2c(c1)cc(C(F)(F)F)n2Cl. The van der Waals surface area contributed by atoms with Crippen molar-refractivity contribution in [1.29, 1.82) is 0 Å². The molecule has 9 heteroatoms. The Morgan fingerprint density at radius 1 is 0.800 bits per heavy atom. The Kier molecular flexibility index (Phi) is 4.20. The van der Waals surface area contributed by atoms with Crippen LogP contribution in [-0.4, -0.2) is 4.09 Å². The fourth-order valence-corrected chi connectivity index (χ4v) is 3.02. The Balaban J connectivity index is 2.22. The van der Waals surface area contributed by atoms with Crippen molar-refractivity contribution >= 4 is 34.3 Å². The van der Waals surface area contributed by atoms with Gasteiger partial charge in [-0.15, -0.1) is 0 Å². The van der Waals surface area contributed by atoms with E-state index in [1.807, 2.05) is 0 Å². The first kappa shape index (κ1) is 17.9. The fraction of sp³-hybridized carbons (Fsp3) is 0.125. The van der Waals surface area contributed by atoms with Gasteiger partial charge in [-0.1, -0.05) is 23.7 Å². The normalized spacial score (nSPS) is 12.8. The van der Waals surface area contributed by atoms with E-state index in [-0.39, 0.29) is 27.1 Å². The number of hydrogen-bond donors (Lipinski definition) is 0. The lowest BCUT2D eigenvalue weighted by atomic mass is 9.98. The van der Waals surface area contributed by atoms with Gasteiger partial charge in [0.15, 0.2) is 0 Å². The first-order valence-electron chi connectivity index (χ1n) is 6.74. The zero-order valence-corrected chi connectivity index (χ0v) is 13.5. The maximum Gasteiger partial charge on any atom is 0.432 e. The molecule has 0 saturated heterocycles. The van der Waals surface area contributed by atoms with E-state index in [2.05, 4.69) is 0 Å². The third kappa shape index (κ3) is 3.30. The Morgan fingerprint density at radius 2 is 1.48 bits per heavy atom. The van der Waals surface area contributed by atoms with Crippen molar-refractivity contribution < 1.29 is 26.3 Å². The molecule has 0 saturated carbocycles. The third-order valence-corrected chi connectivity index (χ3v) is 4.23. The van der Waals surface area contributed by atoms with Gasteiger partial charge in [0.1, 0.15) is 5.69 Å². The summed E-state index contributed by atoms with van der Waals surface area (Å²) in [7, 11) is 0.